The second-order valence-electron chi connectivity index (χ2n) is 3.54. The highest BCUT2D eigenvalue weighted by atomic mass is 16.5. The van der Waals surface area contributed by atoms with Gasteiger partial charge in [-0.25, -0.2) is 0 Å². The molecule has 0 atom stereocenters. The summed E-state index contributed by atoms with van der Waals surface area (Å²) in [4.78, 5) is 0. The second-order valence-corrected chi connectivity index (χ2v) is 3.54. The van der Waals surface area contributed by atoms with E-state index in [0.717, 1.165) is 21.7 Å². The van der Waals surface area contributed by atoms with Crippen molar-refractivity contribution in [3.63, 3.8) is 0 Å². The smallest absolute Gasteiger partial charge is 0.129 e. The van der Waals surface area contributed by atoms with E-state index in [1.54, 1.807) is 6.26 Å². The van der Waals surface area contributed by atoms with Gasteiger partial charge in [-0.05, 0) is 11.5 Å². The average Bonchev–Trinajstić information content (AvgIpc) is 2.33. The first-order valence-electron chi connectivity index (χ1n) is 5.08. The minimum atomic E-state index is 0.878. The van der Waals surface area contributed by atoms with Crippen LogP contribution in [-0.4, -0.2) is 10.4 Å². The van der Waals surface area contributed by atoms with Gasteiger partial charge >= 0.3 is 0 Å². The quantitative estimate of drug-likeness (QED) is 0.617. The third-order valence-electron chi connectivity index (χ3n) is 2.56. The molecule has 3 heteroatoms. The van der Waals surface area contributed by atoms with Crippen molar-refractivity contribution in [2.45, 2.75) is 0 Å². The third kappa shape index (κ3) is 1.42. The van der Waals surface area contributed by atoms with Crippen LogP contribution < -0.4 is 0 Å². The summed E-state index contributed by atoms with van der Waals surface area (Å²) >= 11 is 0. The van der Waals surface area contributed by atoms with Crippen LogP contribution in [0.3, 0.4) is 0 Å². The van der Waals surface area contributed by atoms with Gasteiger partial charge in [0.15, 0.2) is 0 Å². The van der Waals surface area contributed by atoms with E-state index in [-0.39, 0.29) is 0 Å². The Labute approximate surface area is 92.0 Å². The highest BCUT2D eigenvalue weighted by Gasteiger charge is 1.96. The van der Waals surface area contributed by atoms with Crippen LogP contribution in [-0.2, 0) is 0 Å². The lowest BCUT2D eigenvalue weighted by atomic mass is 10.1. The summed E-state index contributed by atoms with van der Waals surface area (Å²) < 4.78 is 5.12. The summed E-state index contributed by atoms with van der Waals surface area (Å²) in [5.41, 5.74) is 0.878. The van der Waals surface area contributed by atoms with E-state index in [1.807, 2.05) is 36.4 Å². The zero-order valence-electron chi connectivity index (χ0n) is 8.55. The minimum absolute atomic E-state index is 0.878. The third-order valence-corrected chi connectivity index (χ3v) is 2.56. The van der Waals surface area contributed by atoms with Gasteiger partial charge in [-0.2, -0.15) is 0 Å². The summed E-state index contributed by atoms with van der Waals surface area (Å²) in [5, 5.41) is 9.97. The van der Waals surface area contributed by atoms with Crippen LogP contribution in [0.4, 0.5) is 0 Å². The highest BCUT2D eigenvalue weighted by molar-refractivity contribution is 6.03. The van der Waals surface area contributed by atoms with Gasteiger partial charge in [0, 0.05) is 10.8 Å². The molecule has 0 saturated carbocycles. The van der Waals surface area contributed by atoms with Crippen molar-refractivity contribution in [1.29, 1.82) is 0 Å². The summed E-state index contributed by atoms with van der Waals surface area (Å²) in [7, 11) is 0. The summed E-state index contributed by atoms with van der Waals surface area (Å²) in [5.74, 6) is 0. The molecule has 1 aromatic heterocycles. The first-order chi connectivity index (χ1) is 7.95. The largest absolute Gasteiger partial charge is 0.372 e. The number of H-pyrrole nitrogens is 1. The zero-order valence-corrected chi connectivity index (χ0v) is 8.55. The van der Waals surface area contributed by atoms with Gasteiger partial charge in [0.25, 0.3) is 0 Å². The fourth-order valence-electron chi connectivity index (χ4n) is 1.81. The van der Waals surface area contributed by atoms with Gasteiger partial charge in [0.2, 0.25) is 0 Å². The number of aromatic amines is 1. The lowest BCUT2D eigenvalue weighted by Crippen LogP contribution is -1.80. The standard InChI is InChI=1S/C13H10N2O/c1-2-6-11-10(5-1)9-16-15-14-13-8-4-3-7-12(11)13/h1-9,15H. The molecule has 1 heterocycles. The van der Waals surface area contributed by atoms with Gasteiger partial charge in [-0.3, -0.25) is 0 Å². The fraction of sp³-hybridized carbons (Fsp3) is 0. The Balaban J connectivity index is 2.63. The molecule has 0 fully saturated rings. The average molecular weight is 210 g/mol. The number of nitrogens with one attached hydrogen (secondary N) is 1. The molecule has 3 nitrogen and oxygen atoms in total. The molecule has 0 saturated heterocycles. The van der Waals surface area contributed by atoms with Crippen LogP contribution in [0, 0.1) is 0 Å². The minimum Gasteiger partial charge on any atom is -0.372 e. The lowest BCUT2D eigenvalue weighted by molar-refractivity contribution is 0.373. The van der Waals surface area contributed by atoms with Crippen LogP contribution in [0.2, 0.25) is 0 Å². The molecule has 0 bridgehead atoms. The van der Waals surface area contributed by atoms with E-state index in [4.69, 9.17) is 4.52 Å². The van der Waals surface area contributed by atoms with Gasteiger partial charge < -0.3 is 4.52 Å². The van der Waals surface area contributed by atoms with E-state index in [1.165, 1.54) is 0 Å². The van der Waals surface area contributed by atoms with E-state index in [0.29, 0.717) is 0 Å². The van der Waals surface area contributed by atoms with Crippen molar-refractivity contribution in [2.24, 2.45) is 0 Å². The SMILES string of the molecule is c1ccc2c(c1)co[nH]nc1ccccc12. The molecule has 16 heavy (non-hydrogen) atoms. The Morgan fingerprint density at radius 1 is 0.875 bits per heavy atom. The highest BCUT2D eigenvalue weighted by Crippen LogP contribution is 2.20. The molecule has 0 aliphatic carbocycles. The Kier molecular flexibility index (Phi) is 2.07. The molecule has 0 spiro atoms. The topological polar surface area (TPSA) is 41.8 Å². The number of aromatic nitrogens is 2. The number of para-hydroxylation sites is 1. The predicted octanol–water partition coefficient (Wildman–Crippen LogP) is 3.43. The number of hydrogen-bond acceptors (Lipinski definition) is 2. The van der Waals surface area contributed by atoms with Crippen molar-refractivity contribution in [3.05, 3.63) is 54.8 Å². The van der Waals surface area contributed by atoms with Crippen molar-refractivity contribution >= 4 is 21.7 Å². The van der Waals surface area contributed by atoms with E-state index < -0.39 is 0 Å². The lowest BCUT2D eigenvalue weighted by Gasteiger charge is -1.98. The maximum atomic E-state index is 5.12. The van der Waals surface area contributed by atoms with Crippen molar-refractivity contribution in [1.82, 2.24) is 10.4 Å². The van der Waals surface area contributed by atoms with Crippen molar-refractivity contribution < 1.29 is 4.52 Å². The molecule has 3 rings (SSSR count). The maximum absolute atomic E-state index is 5.12. The molecule has 1 N–H and O–H groups in total. The van der Waals surface area contributed by atoms with E-state index in [9.17, 15) is 0 Å². The second kappa shape index (κ2) is 3.70. The molecule has 0 aliphatic rings. The van der Waals surface area contributed by atoms with Gasteiger partial charge in [-0.1, -0.05) is 42.5 Å². The van der Waals surface area contributed by atoms with E-state index in [2.05, 4.69) is 22.5 Å². The number of fused-ring (bicyclic) bond motifs is 3. The van der Waals surface area contributed by atoms with Gasteiger partial charge in [0.05, 0.1) is 5.52 Å². The van der Waals surface area contributed by atoms with Gasteiger partial charge in [-0.15, -0.1) is 10.4 Å². The van der Waals surface area contributed by atoms with Crippen LogP contribution in [0.1, 0.15) is 0 Å². The first kappa shape index (κ1) is 8.97. The zero-order chi connectivity index (χ0) is 10.8. The molecule has 0 amide bonds. The monoisotopic (exact) mass is 210 g/mol. The number of benzene rings is 2. The molecule has 0 unspecified atom stereocenters. The fourth-order valence-corrected chi connectivity index (χ4v) is 1.81. The Hall–Kier alpha value is -2.29. The molecule has 0 radical (unpaired) electrons. The van der Waals surface area contributed by atoms with Crippen molar-refractivity contribution in [2.75, 3.05) is 0 Å². The molecule has 0 aliphatic heterocycles. The summed E-state index contributed by atoms with van der Waals surface area (Å²) in [6, 6.07) is 16.0. The number of hydrogen-bond donors (Lipinski definition) is 1. The van der Waals surface area contributed by atoms with E-state index >= 15 is 0 Å². The number of nitrogens with zero attached hydrogens (tertiary/aromatic N) is 1. The van der Waals surface area contributed by atoms with Crippen LogP contribution in [0.5, 0.6) is 0 Å². The van der Waals surface area contributed by atoms with Gasteiger partial charge in [0.1, 0.15) is 6.26 Å². The summed E-state index contributed by atoms with van der Waals surface area (Å²) in [6.07, 6.45) is 1.66. The molecular formula is C13H10N2O. The van der Waals surface area contributed by atoms with Crippen LogP contribution in [0.25, 0.3) is 21.7 Å². The predicted molar refractivity (Wildman–Crippen MR) is 63.5 cm³/mol. The van der Waals surface area contributed by atoms with Crippen LogP contribution in [0.15, 0.2) is 59.3 Å². The maximum Gasteiger partial charge on any atom is 0.129 e. The Bertz CT molecular complexity index is 620. The molecule has 2 aromatic carbocycles. The Morgan fingerprint density at radius 2 is 1.62 bits per heavy atom. The molecule has 78 valence electrons. The normalized spacial score (nSPS) is 10.5. The first-order valence-corrected chi connectivity index (χ1v) is 5.08. The summed E-state index contributed by atoms with van der Waals surface area (Å²) in [6.45, 7) is 0. The van der Waals surface area contributed by atoms with Crippen molar-refractivity contribution in [3.8, 4) is 0 Å². The molecule has 3 aromatic rings. The van der Waals surface area contributed by atoms with Crippen LogP contribution >= 0.6 is 0 Å². The number of rotatable bonds is 0. The Morgan fingerprint density at radius 3 is 2.56 bits per heavy atom. The molecular weight excluding hydrogens is 200 g/mol.